The first-order chi connectivity index (χ1) is 11.8. The van der Waals surface area contributed by atoms with Crippen molar-refractivity contribution < 1.29 is 26.3 Å². The van der Waals surface area contributed by atoms with E-state index < -0.39 is 28.8 Å². The fourth-order valence-electron chi connectivity index (χ4n) is 2.25. The smallest absolute Gasteiger partial charge is 0.302 e. The van der Waals surface area contributed by atoms with Gasteiger partial charge < -0.3 is 4.55 Å². The third-order valence-corrected chi connectivity index (χ3v) is 4.10. The van der Waals surface area contributed by atoms with Crippen LogP contribution in [0.5, 0.6) is 0 Å². The van der Waals surface area contributed by atoms with E-state index >= 15 is 0 Å². The van der Waals surface area contributed by atoms with Crippen molar-refractivity contribution in [3.05, 3.63) is 66.1 Å². The number of hydrogen-bond donors (Lipinski definition) is 1. The van der Waals surface area contributed by atoms with Gasteiger partial charge >= 0.3 is 6.18 Å². The highest BCUT2D eigenvalue weighted by molar-refractivity contribution is 7.79. The standard InChI is InChI=1S/C16H10F4N2O2S/c17-11-3-1-10(2-4-11)14-9-15(16(18,19)20)21-22(14)12-5-7-13(8-6-12)25(23)24/h1-9H,(H,23,24). The zero-order valence-electron chi connectivity index (χ0n) is 12.4. The number of aromatic nitrogens is 2. The lowest BCUT2D eigenvalue weighted by Gasteiger charge is -2.08. The summed E-state index contributed by atoms with van der Waals surface area (Å²) in [6, 6.07) is 11.2. The molecule has 0 radical (unpaired) electrons. The molecule has 0 aliphatic rings. The molecule has 1 heterocycles. The van der Waals surface area contributed by atoms with Gasteiger partial charge in [-0.25, -0.2) is 13.3 Å². The van der Waals surface area contributed by atoms with Gasteiger partial charge in [0, 0.05) is 5.56 Å². The van der Waals surface area contributed by atoms with Crippen molar-refractivity contribution in [1.29, 1.82) is 0 Å². The second-order valence-electron chi connectivity index (χ2n) is 5.07. The van der Waals surface area contributed by atoms with E-state index in [1.54, 1.807) is 0 Å². The van der Waals surface area contributed by atoms with Crippen LogP contribution in [0.4, 0.5) is 17.6 Å². The third kappa shape index (κ3) is 3.62. The number of alkyl halides is 3. The SMILES string of the molecule is O=S(O)c1ccc(-n2nc(C(F)(F)F)cc2-c2ccc(F)cc2)cc1. The van der Waals surface area contributed by atoms with Crippen molar-refractivity contribution in [2.24, 2.45) is 0 Å². The molecule has 1 atom stereocenters. The van der Waals surface area contributed by atoms with Gasteiger partial charge in [0.2, 0.25) is 0 Å². The van der Waals surface area contributed by atoms with Crippen LogP contribution >= 0.6 is 0 Å². The first-order valence-electron chi connectivity index (χ1n) is 6.90. The maximum Gasteiger partial charge on any atom is 0.435 e. The molecule has 2 aromatic carbocycles. The molecule has 25 heavy (non-hydrogen) atoms. The normalized spacial score (nSPS) is 13.0. The Morgan fingerprint density at radius 2 is 1.60 bits per heavy atom. The summed E-state index contributed by atoms with van der Waals surface area (Å²) < 4.78 is 73.3. The zero-order valence-corrected chi connectivity index (χ0v) is 13.2. The lowest BCUT2D eigenvalue weighted by molar-refractivity contribution is -0.141. The predicted octanol–water partition coefficient (Wildman–Crippen LogP) is 4.28. The highest BCUT2D eigenvalue weighted by Gasteiger charge is 2.35. The van der Waals surface area contributed by atoms with Crippen LogP contribution in [-0.2, 0) is 17.3 Å². The van der Waals surface area contributed by atoms with Gasteiger partial charge in [-0.3, -0.25) is 0 Å². The predicted molar refractivity (Wildman–Crippen MR) is 83.0 cm³/mol. The molecule has 0 aliphatic heterocycles. The second kappa shape index (κ2) is 6.41. The summed E-state index contributed by atoms with van der Waals surface area (Å²) in [7, 11) is 0. The van der Waals surface area contributed by atoms with Gasteiger partial charge in [-0.05, 0) is 54.6 Å². The number of nitrogens with zero attached hydrogens (tertiary/aromatic N) is 2. The molecule has 0 spiro atoms. The summed E-state index contributed by atoms with van der Waals surface area (Å²) in [4.78, 5) is 0.107. The van der Waals surface area contributed by atoms with Gasteiger partial charge in [-0.2, -0.15) is 18.3 Å². The minimum absolute atomic E-state index is 0.107. The Kier molecular flexibility index (Phi) is 4.44. The molecule has 4 nitrogen and oxygen atoms in total. The Labute approximate surface area is 142 Å². The first kappa shape index (κ1) is 17.3. The van der Waals surface area contributed by atoms with Crippen molar-refractivity contribution in [3.63, 3.8) is 0 Å². The van der Waals surface area contributed by atoms with Crippen LogP contribution in [-0.4, -0.2) is 18.5 Å². The Morgan fingerprint density at radius 1 is 1.00 bits per heavy atom. The monoisotopic (exact) mass is 370 g/mol. The van der Waals surface area contributed by atoms with Gasteiger partial charge in [0.05, 0.1) is 16.3 Å². The van der Waals surface area contributed by atoms with Crippen molar-refractivity contribution in [1.82, 2.24) is 9.78 Å². The molecule has 9 heteroatoms. The van der Waals surface area contributed by atoms with Gasteiger partial charge in [0.1, 0.15) is 5.82 Å². The maximum absolute atomic E-state index is 13.1. The largest absolute Gasteiger partial charge is 0.435 e. The van der Waals surface area contributed by atoms with Crippen LogP contribution in [0, 0.1) is 5.82 Å². The van der Waals surface area contributed by atoms with Crippen molar-refractivity contribution in [2.75, 3.05) is 0 Å². The van der Waals surface area contributed by atoms with Crippen LogP contribution in [0.3, 0.4) is 0 Å². The molecule has 0 bridgehead atoms. The van der Waals surface area contributed by atoms with E-state index in [2.05, 4.69) is 5.10 Å². The summed E-state index contributed by atoms with van der Waals surface area (Å²) in [5.41, 5.74) is -0.366. The molecule has 130 valence electrons. The first-order valence-corrected chi connectivity index (χ1v) is 8.01. The molecular weight excluding hydrogens is 360 g/mol. The van der Waals surface area contributed by atoms with Gasteiger partial charge in [-0.1, -0.05) is 0 Å². The molecule has 0 aliphatic carbocycles. The second-order valence-corrected chi connectivity index (χ2v) is 6.04. The van der Waals surface area contributed by atoms with Crippen LogP contribution in [0.1, 0.15) is 5.69 Å². The molecule has 0 fully saturated rings. The Morgan fingerprint density at radius 3 is 2.12 bits per heavy atom. The van der Waals surface area contributed by atoms with Gasteiger partial charge in [0.25, 0.3) is 0 Å². The molecule has 1 N–H and O–H groups in total. The summed E-state index contributed by atoms with van der Waals surface area (Å²) >= 11 is -2.20. The summed E-state index contributed by atoms with van der Waals surface area (Å²) in [5.74, 6) is -0.513. The zero-order chi connectivity index (χ0) is 18.2. The van der Waals surface area contributed by atoms with E-state index in [-0.39, 0.29) is 16.3 Å². The summed E-state index contributed by atoms with van der Waals surface area (Å²) in [6.07, 6.45) is -4.65. The average Bonchev–Trinajstić information content (AvgIpc) is 3.01. The molecule has 3 rings (SSSR count). The number of benzene rings is 2. The number of hydrogen-bond acceptors (Lipinski definition) is 2. The molecule has 3 aromatic rings. The average molecular weight is 370 g/mol. The lowest BCUT2D eigenvalue weighted by Crippen LogP contribution is -2.07. The molecular formula is C16H10F4N2O2S. The maximum atomic E-state index is 13.1. The van der Waals surface area contributed by atoms with E-state index in [1.165, 1.54) is 36.4 Å². The summed E-state index contributed by atoms with van der Waals surface area (Å²) in [5, 5.41) is 3.58. The van der Waals surface area contributed by atoms with E-state index in [0.717, 1.165) is 22.9 Å². The number of halogens is 4. The molecule has 1 unspecified atom stereocenters. The highest BCUT2D eigenvalue weighted by atomic mass is 32.2. The van der Waals surface area contributed by atoms with E-state index in [9.17, 15) is 21.8 Å². The van der Waals surface area contributed by atoms with E-state index in [4.69, 9.17) is 4.55 Å². The Balaban J connectivity index is 2.15. The molecule has 0 saturated carbocycles. The van der Waals surface area contributed by atoms with Gasteiger partial charge in [-0.15, -0.1) is 0 Å². The quantitative estimate of drug-likeness (QED) is 0.553. The Hall–Kier alpha value is -2.52. The minimum atomic E-state index is -4.65. The van der Waals surface area contributed by atoms with Crippen molar-refractivity contribution in [3.8, 4) is 16.9 Å². The van der Waals surface area contributed by atoms with Crippen LogP contribution in [0.2, 0.25) is 0 Å². The lowest BCUT2D eigenvalue weighted by atomic mass is 10.1. The van der Waals surface area contributed by atoms with Crippen molar-refractivity contribution >= 4 is 11.1 Å². The molecule has 0 amide bonds. The topological polar surface area (TPSA) is 55.1 Å². The van der Waals surface area contributed by atoms with E-state index in [1.807, 2.05) is 0 Å². The highest BCUT2D eigenvalue weighted by Crippen LogP contribution is 2.33. The van der Waals surface area contributed by atoms with Crippen molar-refractivity contribution in [2.45, 2.75) is 11.1 Å². The Bertz CT molecular complexity index is 919. The minimum Gasteiger partial charge on any atom is -0.302 e. The molecule has 1 aromatic heterocycles. The fourth-order valence-corrected chi connectivity index (χ4v) is 2.62. The van der Waals surface area contributed by atoms with Crippen LogP contribution in [0.25, 0.3) is 16.9 Å². The van der Waals surface area contributed by atoms with Crippen LogP contribution in [0.15, 0.2) is 59.5 Å². The number of rotatable bonds is 3. The summed E-state index contributed by atoms with van der Waals surface area (Å²) in [6.45, 7) is 0. The van der Waals surface area contributed by atoms with E-state index in [0.29, 0.717) is 5.56 Å². The van der Waals surface area contributed by atoms with Gasteiger partial charge in [0.15, 0.2) is 16.8 Å². The van der Waals surface area contributed by atoms with Crippen LogP contribution < -0.4 is 0 Å². The fraction of sp³-hybridized carbons (Fsp3) is 0.0625. The third-order valence-electron chi connectivity index (χ3n) is 3.42. The molecule has 0 saturated heterocycles.